The monoisotopic (exact) mass is 475 g/mol. The van der Waals surface area contributed by atoms with Crippen LogP contribution in [0.2, 0.25) is 0 Å². The van der Waals surface area contributed by atoms with Crippen LogP contribution in [0, 0.1) is 5.82 Å². The van der Waals surface area contributed by atoms with Crippen molar-refractivity contribution in [3.63, 3.8) is 0 Å². The van der Waals surface area contributed by atoms with Gasteiger partial charge >= 0.3 is 6.18 Å². The molecule has 1 aromatic carbocycles. The second kappa shape index (κ2) is 9.02. The predicted molar refractivity (Wildman–Crippen MR) is 98.4 cm³/mol. The molecular formula is C16H22F4IN3O. The highest BCUT2D eigenvalue weighted by molar-refractivity contribution is 14.0. The van der Waals surface area contributed by atoms with Gasteiger partial charge in [0, 0.05) is 13.1 Å². The van der Waals surface area contributed by atoms with E-state index in [0.29, 0.717) is 31.4 Å². The average Bonchev–Trinajstić information content (AvgIpc) is 2.48. The molecule has 0 atom stereocenters. The predicted octanol–water partition coefficient (Wildman–Crippen LogP) is 3.43. The van der Waals surface area contributed by atoms with Gasteiger partial charge in [0.25, 0.3) is 0 Å². The van der Waals surface area contributed by atoms with Gasteiger partial charge in [-0.25, -0.2) is 9.38 Å². The smallest absolute Gasteiger partial charge is 0.388 e. The number of aliphatic imine (C=N–C) groups is 1. The fraction of sp³-hybridized carbons (Fsp3) is 0.562. The standard InChI is InChI=1S/C16H21F4N3O.HI/c1-2-21-14(23-10-15(24)6-3-7-15)22-9-11-4-5-12(17)8-13(11)16(18,19)20;/h4-5,8,24H,2-3,6-7,9-10H2,1H3,(H2,21,22,23);1H. The first kappa shape index (κ1) is 21.9. The zero-order valence-corrected chi connectivity index (χ0v) is 16.1. The highest BCUT2D eigenvalue weighted by Crippen LogP contribution is 2.33. The maximum atomic E-state index is 13.1. The molecule has 1 saturated carbocycles. The largest absolute Gasteiger partial charge is 0.416 e. The summed E-state index contributed by atoms with van der Waals surface area (Å²) in [5.41, 5.74) is -1.91. The van der Waals surface area contributed by atoms with Crippen molar-refractivity contribution in [3.05, 3.63) is 35.1 Å². The van der Waals surface area contributed by atoms with Crippen LogP contribution in [0.15, 0.2) is 23.2 Å². The van der Waals surface area contributed by atoms with E-state index in [4.69, 9.17) is 0 Å². The number of halogens is 5. The summed E-state index contributed by atoms with van der Waals surface area (Å²) in [6, 6.07) is 2.55. The summed E-state index contributed by atoms with van der Waals surface area (Å²) in [5.74, 6) is -0.623. The quantitative estimate of drug-likeness (QED) is 0.265. The van der Waals surface area contributed by atoms with E-state index in [-0.39, 0.29) is 42.6 Å². The number of rotatable bonds is 5. The minimum atomic E-state index is -4.64. The molecule has 0 saturated heterocycles. The molecule has 0 heterocycles. The normalized spacial score (nSPS) is 16.6. The van der Waals surface area contributed by atoms with Gasteiger partial charge in [-0.15, -0.1) is 24.0 Å². The molecule has 1 aromatic rings. The van der Waals surface area contributed by atoms with E-state index in [1.165, 1.54) is 0 Å². The topological polar surface area (TPSA) is 56.7 Å². The summed E-state index contributed by atoms with van der Waals surface area (Å²) in [7, 11) is 0. The lowest BCUT2D eigenvalue weighted by Gasteiger charge is -2.37. The van der Waals surface area contributed by atoms with Crippen molar-refractivity contribution < 1.29 is 22.7 Å². The van der Waals surface area contributed by atoms with Crippen LogP contribution < -0.4 is 10.6 Å². The number of hydrogen-bond acceptors (Lipinski definition) is 2. The summed E-state index contributed by atoms with van der Waals surface area (Å²) in [6.07, 6.45) is -2.30. The lowest BCUT2D eigenvalue weighted by molar-refractivity contribution is -0.138. The van der Waals surface area contributed by atoms with Crippen LogP contribution in [0.4, 0.5) is 17.6 Å². The van der Waals surface area contributed by atoms with Crippen molar-refractivity contribution in [3.8, 4) is 0 Å². The highest BCUT2D eigenvalue weighted by Gasteiger charge is 2.35. The summed E-state index contributed by atoms with van der Waals surface area (Å²) >= 11 is 0. The molecule has 9 heteroatoms. The van der Waals surface area contributed by atoms with Gasteiger partial charge in [0.2, 0.25) is 0 Å². The molecule has 2 rings (SSSR count). The number of guanidine groups is 1. The Hall–Kier alpha value is -1.10. The maximum Gasteiger partial charge on any atom is 0.416 e. The van der Waals surface area contributed by atoms with E-state index in [1.54, 1.807) is 0 Å². The van der Waals surface area contributed by atoms with Gasteiger partial charge in [-0.3, -0.25) is 0 Å². The SMILES string of the molecule is CCNC(=NCc1ccc(F)cc1C(F)(F)F)NCC1(O)CCC1.I. The number of alkyl halides is 3. The Morgan fingerprint density at radius 1 is 1.28 bits per heavy atom. The molecular weight excluding hydrogens is 453 g/mol. The zero-order chi connectivity index (χ0) is 17.8. The van der Waals surface area contributed by atoms with Crippen LogP contribution in [0.5, 0.6) is 0 Å². The molecule has 25 heavy (non-hydrogen) atoms. The maximum absolute atomic E-state index is 13.1. The van der Waals surface area contributed by atoms with Crippen molar-refractivity contribution in [2.24, 2.45) is 4.99 Å². The third-order valence-electron chi connectivity index (χ3n) is 4.00. The van der Waals surface area contributed by atoms with Gasteiger partial charge in [0.15, 0.2) is 5.96 Å². The lowest BCUT2D eigenvalue weighted by Crippen LogP contribution is -2.50. The van der Waals surface area contributed by atoms with Crippen molar-refractivity contribution in [2.75, 3.05) is 13.1 Å². The molecule has 0 radical (unpaired) electrons. The molecule has 1 fully saturated rings. The third-order valence-corrected chi connectivity index (χ3v) is 4.00. The van der Waals surface area contributed by atoms with E-state index >= 15 is 0 Å². The zero-order valence-electron chi connectivity index (χ0n) is 13.8. The number of hydrogen-bond donors (Lipinski definition) is 3. The second-order valence-electron chi connectivity index (χ2n) is 5.93. The van der Waals surface area contributed by atoms with Gasteiger partial charge in [-0.2, -0.15) is 13.2 Å². The molecule has 0 unspecified atom stereocenters. The Morgan fingerprint density at radius 3 is 2.48 bits per heavy atom. The van der Waals surface area contributed by atoms with E-state index in [1.807, 2.05) is 6.92 Å². The summed E-state index contributed by atoms with van der Waals surface area (Å²) in [5, 5.41) is 15.9. The molecule has 1 aliphatic carbocycles. The molecule has 0 bridgehead atoms. The van der Waals surface area contributed by atoms with Crippen LogP contribution in [0.25, 0.3) is 0 Å². The van der Waals surface area contributed by atoms with Crippen molar-refractivity contribution in [1.82, 2.24) is 10.6 Å². The molecule has 1 aliphatic rings. The fourth-order valence-electron chi connectivity index (χ4n) is 2.47. The van der Waals surface area contributed by atoms with Gasteiger partial charge in [0.1, 0.15) is 5.82 Å². The number of nitrogens with zero attached hydrogens (tertiary/aromatic N) is 1. The Labute approximate surface area is 161 Å². The Balaban J connectivity index is 0.00000312. The van der Waals surface area contributed by atoms with Gasteiger partial charge in [-0.1, -0.05) is 6.07 Å². The summed E-state index contributed by atoms with van der Waals surface area (Å²) in [6.45, 7) is 2.39. The third kappa shape index (κ3) is 6.28. The van der Waals surface area contributed by atoms with E-state index in [0.717, 1.165) is 18.6 Å². The van der Waals surface area contributed by atoms with Crippen molar-refractivity contribution in [2.45, 2.75) is 44.5 Å². The lowest BCUT2D eigenvalue weighted by atomic mass is 9.80. The molecule has 0 amide bonds. The average molecular weight is 475 g/mol. The van der Waals surface area contributed by atoms with Gasteiger partial charge in [-0.05, 0) is 43.9 Å². The number of benzene rings is 1. The van der Waals surface area contributed by atoms with Crippen molar-refractivity contribution >= 4 is 29.9 Å². The first-order valence-electron chi connectivity index (χ1n) is 7.84. The van der Waals surface area contributed by atoms with Crippen LogP contribution in [0.1, 0.15) is 37.3 Å². The molecule has 142 valence electrons. The minimum Gasteiger partial charge on any atom is -0.388 e. The Kier molecular flexibility index (Phi) is 7.91. The van der Waals surface area contributed by atoms with E-state index < -0.39 is 23.2 Å². The fourth-order valence-corrected chi connectivity index (χ4v) is 2.47. The minimum absolute atomic E-state index is 0. The molecule has 0 aliphatic heterocycles. The van der Waals surface area contributed by atoms with Gasteiger partial charge < -0.3 is 15.7 Å². The first-order valence-corrected chi connectivity index (χ1v) is 7.84. The van der Waals surface area contributed by atoms with Gasteiger partial charge in [0.05, 0.1) is 17.7 Å². The highest BCUT2D eigenvalue weighted by atomic mass is 127. The molecule has 0 spiro atoms. The summed E-state index contributed by atoms with van der Waals surface area (Å²) in [4.78, 5) is 4.11. The Bertz CT molecular complexity index is 604. The number of aliphatic hydroxyl groups is 1. The molecule has 4 nitrogen and oxygen atoms in total. The second-order valence-corrected chi connectivity index (χ2v) is 5.93. The van der Waals surface area contributed by atoms with Crippen LogP contribution in [-0.2, 0) is 12.7 Å². The van der Waals surface area contributed by atoms with E-state index in [9.17, 15) is 22.7 Å². The van der Waals surface area contributed by atoms with Crippen LogP contribution in [0.3, 0.4) is 0 Å². The van der Waals surface area contributed by atoms with Crippen molar-refractivity contribution in [1.29, 1.82) is 0 Å². The molecule has 3 N–H and O–H groups in total. The Morgan fingerprint density at radius 2 is 1.96 bits per heavy atom. The summed E-state index contributed by atoms with van der Waals surface area (Å²) < 4.78 is 52.0. The number of nitrogens with one attached hydrogen (secondary N) is 2. The van der Waals surface area contributed by atoms with Crippen LogP contribution >= 0.6 is 24.0 Å². The van der Waals surface area contributed by atoms with Crippen LogP contribution in [-0.4, -0.2) is 29.8 Å². The first-order chi connectivity index (χ1) is 11.2. The molecule has 0 aromatic heterocycles. The van der Waals surface area contributed by atoms with E-state index in [2.05, 4.69) is 15.6 Å².